The number of fused-ring (bicyclic) bond motifs is 1. The zero-order chi connectivity index (χ0) is 24.1. The smallest absolute Gasteiger partial charge is 0.361 e. The van der Waals surface area contributed by atoms with Gasteiger partial charge in [0.25, 0.3) is 5.91 Å². The number of benzene rings is 1. The molecular formula is C23H24N4O5S2. The van der Waals surface area contributed by atoms with E-state index in [2.05, 4.69) is 9.88 Å². The van der Waals surface area contributed by atoms with Crippen LogP contribution in [0.1, 0.15) is 24.3 Å². The van der Waals surface area contributed by atoms with E-state index in [-0.39, 0.29) is 34.5 Å². The summed E-state index contributed by atoms with van der Waals surface area (Å²) < 4.78 is 5.59. The maximum absolute atomic E-state index is 13.2. The van der Waals surface area contributed by atoms with Crippen LogP contribution in [0.5, 0.6) is 5.75 Å². The van der Waals surface area contributed by atoms with Crippen molar-refractivity contribution in [2.24, 2.45) is 17.6 Å². The quantitative estimate of drug-likeness (QED) is 0.335. The second-order valence-electron chi connectivity index (χ2n) is 8.69. The van der Waals surface area contributed by atoms with Crippen molar-refractivity contribution in [3.8, 4) is 5.75 Å². The third-order valence-corrected chi connectivity index (χ3v) is 8.76. The molecule has 2 saturated heterocycles. The number of amides is 2. The van der Waals surface area contributed by atoms with Crippen molar-refractivity contribution < 1.29 is 24.2 Å². The molecule has 3 aliphatic heterocycles. The van der Waals surface area contributed by atoms with Gasteiger partial charge in [-0.2, -0.15) is 0 Å². The zero-order valence-corrected chi connectivity index (χ0v) is 20.2. The fraction of sp³-hybridized carbons (Fsp3) is 0.391. The van der Waals surface area contributed by atoms with E-state index in [4.69, 9.17) is 10.5 Å². The molecule has 0 bridgehead atoms. The zero-order valence-electron chi connectivity index (χ0n) is 18.6. The van der Waals surface area contributed by atoms with E-state index in [1.807, 2.05) is 13.0 Å². The molecule has 0 saturated carbocycles. The summed E-state index contributed by atoms with van der Waals surface area (Å²) in [5, 5.41) is 12.7. The average molecular weight is 501 g/mol. The highest BCUT2D eigenvalue weighted by Crippen LogP contribution is 2.52. The van der Waals surface area contributed by atoms with Gasteiger partial charge < -0.3 is 25.4 Å². The third kappa shape index (κ3) is 3.77. The van der Waals surface area contributed by atoms with Crippen molar-refractivity contribution in [3.63, 3.8) is 0 Å². The minimum atomic E-state index is -0.796. The van der Waals surface area contributed by atoms with Crippen LogP contribution in [0.4, 0.5) is 5.13 Å². The van der Waals surface area contributed by atoms with E-state index in [1.54, 1.807) is 48.3 Å². The van der Waals surface area contributed by atoms with Crippen molar-refractivity contribution in [1.82, 2.24) is 9.88 Å². The van der Waals surface area contributed by atoms with E-state index in [0.717, 1.165) is 10.0 Å². The molecule has 4 atom stereocenters. The Bertz CT molecular complexity index is 1180. The molecule has 11 heteroatoms. The van der Waals surface area contributed by atoms with E-state index >= 15 is 0 Å². The molecule has 3 aliphatic rings. The highest BCUT2D eigenvalue weighted by molar-refractivity contribution is 8.03. The minimum Gasteiger partial charge on any atom is -0.422 e. The van der Waals surface area contributed by atoms with Crippen molar-refractivity contribution >= 4 is 46.0 Å². The van der Waals surface area contributed by atoms with Gasteiger partial charge in [0.15, 0.2) is 5.13 Å². The van der Waals surface area contributed by atoms with Gasteiger partial charge in [0, 0.05) is 34.5 Å². The van der Waals surface area contributed by atoms with E-state index in [1.165, 1.54) is 16.2 Å². The van der Waals surface area contributed by atoms with Crippen molar-refractivity contribution in [2.75, 3.05) is 18.0 Å². The number of thiazole rings is 1. The number of anilines is 1. The van der Waals surface area contributed by atoms with Crippen molar-refractivity contribution in [1.29, 1.82) is 0 Å². The maximum atomic E-state index is 13.2. The second-order valence-corrected chi connectivity index (χ2v) is 10.9. The molecule has 0 radical (unpaired) electrons. The molecule has 1 aromatic heterocycles. The number of carbonyl (C=O) groups is 3. The standard InChI is InChI=1S/C23H24N4O5S2/c1-11-17-16(12(2)28)21(30)27(17)18(22(31)32-13-6-4-3-5-7-13)19(11)34-14-8-26(9-14)23-25-15(10-33-23)20(24)29/h3-7,10-12,14,16-17,28H,8-9H2,1-2H3,(H2,24,29)/t11-,12-,16?,17?/m1/s1. The van der Waals surface area contributed by atoms with Gasteiger partial charge in [0.1, 0.15) is 17.1 Å². The summed E-state index contributed by atoms with van der Waals surface area (Å²) in [6.07, 6.45) is -0.796. The second kappa shape index (κ2) is 8.71. The summed E-state index contributed by atoms with van der Waals surface area (Å²) in [5.74, 6) is -1.60. The van der Waals surface area contributed by atoms with Crippen LogP contribution in [-0.2, 0) is 9.59 Å². The number of β-lactam (4-membered cyclic amide) rings is 1. The summed E-state index contributed by atoms with van der Waals surface area (Å²) >= 11 is 2.94. The molecule has 34 heavy (non-hydrogen) atoms. The lowest BCUT2D eigenvalue weighted by molar-refractivity contribution is -0.162. The lowest BCUT2D eigenvalue weighted by Crippen LogP contribution is -2.63. The first-order valence-corrected chi connectivity index (χ1v) is 12.7. The summed E-state index contributed by atoms with van der Waals surface area (Å²) in [7, 11) is 0. The molecule has 4 heterocycles. The predicted octanol–water partition coefficient (Wildman–Crippen LogP) is 1.84. The fourth-order valence-corrected chi connectivity index (χ4v) is 7.03. The summed E-state index contributed by atoms with van der Waals surface area (Å²) in [6, 6.07) is 8.49. The summed E-state index contributed by atoms with van der Waals surface area (Å²) in [5.41, 5.74) is 5.82. The number of rotatable bonds is 7. The Kier molecular flexibility index (Phi) is 5.86. The first-order chi connectivity index (χ1) is 16.3. The largest absolute Gasteiger partial charge is 0.422 e. The molecular weight excluding hydrogens is 476 g/mol. The fourth-order valence-electron chi connectivity index (χ4n) is 4.68. The first-order valence-electron chi connectivity index (χ1n) is 11.0. The van der Waals surface area contributed by atoms with Crippen LogP contribution in [-0.4, -0.2) is 63.3 Å². The number of hydrogen-bond donors (Lipinski definition) is 2. The van der Waals surface area contributed by atoms with Gasteiger partial charge in [-0.1, -0.05) is 25.1 Å². The molecule has 178 valence electrons. The lowest BCUT2D eigenvalue weighted by atomic mass is 9.79. The Morgan fingerprint density at radius 1 is 1.29 bits per heavy atom. The number of esters is 1. The normalized spacial score (nSPS) is 25.0. The van der Waals surface area contributed by atoms with Crippen LogP contribution in [0.3, 0.4) is 0 Å². The Morgan fingerprint density at radius 3 is 2.62 bits per heavy atom. The van der Waals surface area contributed by atoms with Crippen LogP contribution in [0.25, 0.3) is 0 Å². The van der Waals surface area contributed by atoms with Crippen LogP contribution < -0.4 is 15.4 Å². The van der Waals surface area contributed by atoms with Gasteiger partial charge in [-0.3, -0.25) is 9.59 Å². The average Bonchev–Trinajstić information content (AvgIpc) is 3.33. The van der Waals surface area contributed by atoms with Crippen LogP contribution >= 0.6 is 23.1 Å². The number of para-hydroxylation sites is 1. The number of carbonyl (C=O) groups excluding carboxylic acids is 3. The van der Waals surface area contributed by atoms with Gasteiger partial charge in [0.05, 0.1) is 18.1 Å². The van der Waals surface area contributed by atoms with E-state index in [9.17, 15) is 19.5 Å². The summed E-state index contributed by atoms with van der Waals surface area (Å²) in [4.78, 5) is 46.0. The predicted molar refractivity (Wildman–Crippen MR) is 128 cm³/mol. The third-order valence-electron chi connectivity index (χ3n) is 6.41. The Balaban J connectivity index is 1.36. The number of aliphatic hydroxyl groups excluding tert-OH is 1. The molecule has 2 aromatic rings. The first kappa shape index (κ1) is 22.9. The molecule has 0 aliphatic carbocycles. The van der Waals surface area contributed by atoms with Crippen LogP contribution in [0, 0.1) is 11.8 Å². The Labute approximate surface area is 204 Å². The number of nitrogens with zero attached hydrogens (tertiary/aromatic N) is 3. The number of primary amides is 1. The van der Waals surface area contributed by atoms with Gasteiger partial charge >= 0.3 is 5.97 Å². The van der Waals surface area contributed by atoms with Gasteiger partial charge in [0.2, 0.25) is 5.91 Å². The molecule has 2 fully saturated rings. The van der Waals surface area contributed by atoms with E-state index < -0.39 is 23.9 Å². The monoisotopic (exact) mass is 500 g/mol. The summed E-state index contributed by atoms with van der Waals surface area (Å²) in [6.45, 7) is 4.97. The number of hydrogen-bond acceptors (Lipinski definition) is 9. The number of thioether (sulfide) groups is 1. The van der Waals surface area contributed by atoms with Gasteiger partial charge in [-0.15, -0.1) is 23.1 Å². The van der Waals surface area contributed by atoms with Gasteiger partial charge in [-0.05, 0) is 19.1 Å². The van der Waals surface area contributed by atoms with Crippen LogP contribution in [0.15, 0.2) is 46.3 Å². The van der Waals surface area contributed by atoms with Crippen molar-refractivity contribution in [2.45, 2.75) is 31.2 Å². The molecule has 2 amide bonds. The molecule has 0 spiro atoms. The number of nitrogens with two attached hydrogens (primary N) is 1. The van der Waals surface area contributed by atoms with E-state index in [0.29, 0.717) is 18.8 Å². The number of ether oxygens (including phenoxy) is 1. The molecule has 2 unspecified atom stereocenters. The topological polar surface area (TPSA) is 126 Å². The molecule has 3 N–H and O–H groups in total. The SMILES string of the molecule is C[C@@H](O)C1C(=O)N2C(C(=O)Oc3ccccc3)=C(SC3CN(c4nc(C(N)=O)cs4)C3)[C@H](C)C12. The highest BCUT2D eigenvalue weighted by Gasteiger charge is 2.60. The van der Waals surface area contributed by atoms with Gasteiger partial charge in [-0.25, -0.2) is 9.78 Å². The molecule has 5 rings (SSSR count). The Hall–Kier alpha value is -2.89. The maximum Gasteiger partial charge on any atom is 0.361 e. The van der Waals surface area contributed by atoms with Crippen LogP contribution in [0.2, 0.25) is 0 Å². The lowest BCUT2D eigenvalue weighted by Gasteiger charge is -2.46. The number of aliphatic hydroxyl groups is 1. The molecule has 9 nitrogen and oxygen atoms in total. The molecule has 1 aromatic carbocycles. The number of aromatic nitrogens is 1. The highest BCUT2D eigenvalue weighted by atomic mass is 32.2. The van der Waals surface area contributed by atoms with Crippen molar-refractivity contribution in [3.05, 3.63) is 52.0 Å². The minimum absolute atomic E-state index is 0.101. The Morgan fingerprint density at radius 2 is 2.00 bits per heavy atom.